The number of hydrogen-bond donors (Lipinski definition) is 2. The Kier molecular flexibility index (Phi) is 4.14. The molecule has 0 bridgehead atoms. The van der Waals surface area contributed by atoms with Crippen LogP contribution >= 0.6 is 22.9 Å². The maximum atomic E-state index is 12.1. The van der Waals surface area contributed by atoms with E-state index in [1.54, 1.807) is 11.3 Å². The van der Waals surface area contributed by atoms with E-state index in [4.69, 9.17) is 0 Å². The number of urea groups is 1. The molecule has 118 valence electrons. The largest absolute Gasteiger partial charge is 0.330 e. The van der Waals surface area contributed by atoms with Gasteiger partial charge in [-0.1, -0.05) is 18.3 Å². The van der Waals surface area contributed by atoms with Crippen molar-refractivity contribution in [2.75, 3.05) is 5.32 Å². The molecule has 1 aliphatic rings. The van der Waals surface area contributed by atoms with E-state index >= 15 is 0 Å². The molecule has 3 rings (SSSR count). The monoisotopic (exact) mass is 337 g/mol. The first-order valence-corrected chi connectivity index (χ1v) is 8.91. The number of carbonyl (C=O) groups excluding carboxylic acids is 1. The Morgan fingerprint density at radius 2 is 2.27 bits per heavy atom. The quantitative estimate of drug-likeness (QED) is 0.899. The van der Waals surface area contributed by atoms with Crippen LogP contribution in [0.3, 0.4) is 0 Å². The standard InChI is InChI=1S/C14H19N5OS2/c1-8(10-7-21-19-18-10)15-12(20)17-13-16-9-4-5-14(2,3)6-11(9)22-13/h7-8H,4-6H2,1-3H3,(H2,15,16,17,20). The van der Waals surface area contributed by atoms with E-state index in [1.165, 1.54) is 16.4 Å². The molecular formula is C14H19N5OS2. The van der Waals surface area contributed by atoms with Crippen molar-refractivity contribution in [3.63, 3.8) is 0 Å². The molecule has 0 saturated heterocycles. The van der Waals surface area contributed by atoms with E-state index in [2.05, 4.69) is 39.1 Å². The van der Waals surface area contributed by atoms with E-state index < -0.39 is 0 Å². The van der Waals surface area contributed by atoms with Crippen LogP contribution in [-0.4, -0.2) is 20.6 Å². The third-order valence-electron chi connectivity index (χ3n) is 3.84. The van der Waals surface area contributed by atoms with Crippen LogP contribution < -0.4 is 10.6 Å². The molecule has 2 heterocycles. The van der Waals surface area contributed by atoms with Gasteiger partial charge in [0.15, 0.2) is 5.13 Å². The summed E-state index contributed by atoms with van der Waals surface area (Å²) in [6.45, 7) is 6.43. The Morgan fingerprint density at radius 1 is 1.45 bits per heavy atom. The topological polar surface area (TPSA) is 79.8 Å². The van der Waals surface area contributed by atoms with Gasteiger partial charge in [0.1, 0.15) is 0 Å². The van der Waals surface area contributed by atoms with Crippen LogP contribution in [0.4, 0.5) is 9.93 Å². The summed E-state index contributed by atoms with van der Waals surface area (Å²) < 4.78 is 3.80. The SMILES string of the molecule is CC(NC(=O)Nc1nc2c(s1)CC(C)(C)CC2)c1csnn1. The molecule has 1 aliphatic carbocycles. The van der Waals surface area contributed by atoms with Crippen molar-refractivity contribution in [2.45, 2.75) is 46.1 Å². The highest BCUT2D eigenvalue weighted by Gasteiger charge is 2.28. The Balaban J connectivity index is 1.62. The zero-order chi connectivity index (χ0) is 15.7. The normalized spacial score (nSPS) is 17.6. The number of thiazole rings is 1. The first-order chi connectivity index (χ1) is 10.4. The van der Waals surface area contributed by atoms with Crippen molar-refractivity contribution < 1.29 is 4.79 Å². The molecule has 2 aromatic heterocycles. The minimum absolute atomic E-state index is 0.174. The average Bonchev–Trinajstić information content (AvgIpc) is 3.05. The smallest absolute Gasteiger partial charge is 0.321 e. The molecule has 0 aliphatic heterocycles. The lowest BCUT2D eigenvalue weighted by molar-refractivity contribution is 0.249. The van der Waals surface area contributed by atoms with E-state index in [0.29, 0.717) is 10.5 Å². The van der Waals surface area contributed by atoms with Gasteiger partial charge in [0.2, 0.25) is 0 Å². The van der Waals surface area contributed by atoms with E-state index in [0.717, 1.165) is 30.7 Å². The van der Waals surface area contributed by atoms with Gasteiger partial charge in [0.05, 0.1) is 17.4 Å². The molecular weight excluding hydrogens is 318 g/mol. The molecule has 8 heteroatoms. The molecule has 0 aromatic carbocycles. The lowest BCUT2D eigenvalue weighted by Crippen LogP contribution is -2.31. The molecule has 1 atom stereocenters. The summed E-state index contributed by atoms with van der Waals surface area (Å²) in [7, 11) is 0. The number of nitrogens with one attached hydrogen (secondary N) is 2. The van der Waals surface area contributed by atoms with Crippen LogP contribution in [0.1, 0.15) is 49.5 Å². The maximum Gasteiger partial charge on any atom is 0.321 e. The van der Waals surface area contributed by atoms with Gasteiger partial charge < -0.3 is 5.32 Å². The second kappa shape index (κ2) is 5.92. The van der Waals surface area contributed by atoms with Gasteiger partial charge in [-0.05, 0) is 43.1 Å². The van der Waals surface area contributed by atoms with Crippen LogP contribution in [0.2, 0.25) is 0 Å². The van der Waals surface area contributed by atoms with Gasteiger partial charge in [-0.25, -0.2) is 9.78 Å². The molecule has 2 amide bonds. The Labute approximate surface area is 137 Å². The number of aromatic nitrogens is 3. The number of anilines is 1. The van der Waals surface area contributed by atoms with Gasteiger partial charge in [-0.2, -0.15) is 0 Å². The van der Waals surface area contributed by atoms with Crippen LogP contribution in [0.5, 0.6) is 0 Å². The number of nitrogens with zero attached hydrogens (tertiary/aromatic N) is 3. The lowest BCUT2D eigenvalue weighted by Gasteiger charge is -2.28. The Morgan fingerprint density at radius 3 is 3.00 bits per heavy atom. The Hall–Kier alpha value is -1.54. The van der Waals surface area contributed by atoms with Gasteiger partial charge in [0.25, 0.3) is 0 Å². The fraction of sp³-hybridized carbons (Fsp3) is 0.571. The lowest BCUT2D eigenvalue weighted by atomic mass is 9.79. The zero-order valence-corrected chi connectivity index (χ0v) is 14.5. The van der Waals surface area contributed by atoms with Crippen LogP contribution in [0.25, 0.3) is 0 Å². The summed E-state index contributed by atoms with van der Waals surface area (Å²) >= 11 is 2.86. The Bertz CT molecular complexity index is 665. The minimum Gasteiger partial charge on any atom is -0.330 e. The van der Waals surface area contributed by atoms with Crippen LogP contribution in [-0.2, 0) is 12.8 Å². The minimum atomic E-state index is -0.258. The summed E-state index contributed by atoms with van der Waals surface area (Å²) in [6, 6.07) is -0.432. The predicted octanol–water partition coefficient (Wildman–Crippen LogP) is 3.39. The highest BCUT2D eigenvalue weighted by molar-refractivity contribution is 7.15. The highest BCUT2D eigenvalue weighted by atomic mass is 32.1. The van der Waals surface area contributed by atoms with Crippen LogP contribution in [0, 0.1) is 5.41 Å². The van der Waals surface area contributed by atoms with Crippen molar-refractivity contribution in [2.24, 2.45) is 5.41 Å². The van der Waals surface area contributed by atoms with E-state index in [1.807, 2.05) is 12.3 Å². The van der Waals surface area contributed by atoms with Crippen molar-refractivity contribution in [3.05, 3.63) is 21.6 Å². The molecule has 0 radical (unpaired) electrons. The summed E-state index contributed by atoms with van der Waals surface area (Å²) in [5, 5.41) is 12.1. The van der Waals surface area contributed by atoms with Crippen molar-refractivity contribution in [1.82, 2.24) is 19.9 Å². The summed E-state index contributed by atoms with van der Waals surface area (Å²) in [6.07, 6.45) is 3.16. The third-order valence-corrected chi connectivity index (χ3v) is 5.38. The average molecular weight is 337 g/mol. The molecule has 0 spiro atoms. The molecule has 0 fully saturated rings. The zero-order valence-electron chi connectivity index (χ0n) is 12.8. The number of aryl methyl sites for hydroxylation is 1. The summed E-state index contributed by atoms with van der Waals surface area (Å²) in [5.41, 5.74) is 2.22. The number of amides is 2. The molecule has 2 N–H and O–H groups in total. The molecule has 22 heavy (non-hydrogen) atoms. The van der Waals surface area contributed by atoms with Gasteiger partial charge >= 0.3 is 6.03 Å². The van der Waals surface area contributed by atoms with E-state index in [9.17, 15) is 4.79 Å². The molecule has 1 unspecified atom stereocenters. The first-order valence-electron chi connectivity index (χ1n) is 7.26. The molecule has 0 saturated carbocycles. The third kappa shape index (κ3) is 3.44. The summed E-state index contributed by atoms with van der Waals surface area (Å²) in [4.78, 5) is 17.9. The second-order valence-corrected chi connectivity index (χ2v) is 8.07. The first kappa shape index (κ1) is 15.4. The van der Waals surface area contributed by atoms with Crippen LogP contribution in [0.15, 0.2) is 5.38 Å². The number of carbonyl (C=O) groups is 1. The maximum absolute atomic E-state index is 12.1. The number of rotatable bonds is 3. The fourth-order valence-corrected chi connectivity index (χ4v) is 4.32. The molecule has 2 aromatic rings. The second-order valence-electron chi connectivity index (χ2n) is 6.38. The van der Waals surface area contributed by atoms with Gasteiger partial charge in [-0.3, -0.25) is 5.32 Å². The van der Waals surface area contributed by atoms with Gasteiger partial charge in [-0.15, -0.1) is 16.4 Å². The molecule has 6 nitrogen and oxygen atoms in total. The predicted molar refractivity (Wildman–Crippen MR) is 88.4 cm³/mol. The fourth-order valence-electron chi connectivity index (χ4n) is 2.51. The van der Waals surface area contributed by atoms with E-state index in [-0.39, 0.29) is 12.1 Å². The highest BCUT2D eigenvalue weighted by Crippen LogP contribution is 2.38. The van der Waals surface area contributed by atoms with Crippen molar-refractivity contribution in [1.29, 1.82) is 0 Å². The summed E-state index contributed by atoms with van der Waals surface area (Å²) in [5.74, 6) is 0. The number of hydrogen-bond acceptors (Lipinski definition) is 6. The van der Waals surface area contributed by atoms with Crippen molar-refractivity contribution >= 4 is 34.0 Å². The van der Waals surface area contributed by atoms with Crippen molar-refractivity contribution in [3.8, 4) is 0 Å². The van der Waals surface area contributed by atoms with Gasteiger partial charge in [0, 0.05) is 10.3 Å². The number of fused-ring (bicyclic) bond motifs is 1.